The first-order chi connectivity index (χ1) is 21.5. The van der Waals surface area contributed by atoms with Gasteiger partial charge in [-0.2, -0.15) is 0 Å². The Kier molecular flexibility index (Phi) is 9.13. The Hall–Kier alpha value is -4.86. The molecule has 0 unspecified atom stereocenters. The summed E-state index contributed by atoms with van der Waals surface area (Å²) in [6.45, 7) is 6.40. The number of imidazole rings is 1. The zero-order valence-electron chi connectivity index (χ0n) is 26.8. The number of nitrogens with zero attached hydrogens (tertiary/aromatic N) is 4. The smallest absolute Gasteiger partial charge is 0.338 e. The van der Waals surface area contributed by atoms with Crippen LogP contribution in [0.1, 0.15) is 63.2 Å². The molecule has 236 valence electrons. The van der Waals surface area contributed by atoms with Crippen LogP contribution in [0.25, 0.3) is 44.6 Å². The van der Waals surface area contributed by atoms with E-state index < -0.39 is 11.6 Å². The van der Waals surface area contributed by atoms with Gasteiger partial charge in [-0.05, 0) is 75.6 Å². The van der Waals surface area contributed by atoms with E-state index >= 15 is 0 Å². The third kappa shape index (κ3) is 6.79. The quantitative estimate of drug-likeness (QED) is 0.126. The Morgan fingerprint density at radius 3 is 2.47 bits per heavy atom. The third-order valence-electron chi connectivity index (χ3n) is 7.79. The van der Waals surface area contributed by atoms with E-state index in [0.29, 0.717) is 29.1 Å². The lowest BCUT2D eigenvalue weighted by atomic mass is 10.1. The fourth-order valence-electron chi connectivity index (χ4n) is 5.73. The van der Waals surface area contributed by atoms with Gasteiger partial charge in [0.25, 0.3) is 0 Å². The van der Waals surface area contributed by atoms with Crippen molar-refractivity contribution in [3.63, 3.8) is 0 Å². The van der Waals surface area contributed by atoms with Crippen LogP contribution >= 0.6 is 0 Å². The summed E-state index contributed by atoms with van der Waals surface area (Å²) in [5.41, 5.74) is 11.4. The molecular weight excluding hydrogens is 570 g/mol. The number of ether oxygens (including phenoxy) is 3. The van der Waals surface area contributed by atoms with Gasteiger partial charge in [0, 0.05) is 42.7 Å². The van der Waals surface area contributed by atoms with Crippen molar-refractivity contribution in [2.45, 2.75) is 65.0 Å². The van der Waals surface area contributed by atoms with Crippen LogP contribution < -0.4 is 10.5 Å². The van der Waals surface area contributed by atoms with E-state index in [-0.39, 0.29) is 5.97 Å². The number of benzene rings is 2. The molecule has 0 saturated heterocycles. The van der Waals surface area contributed by atoms with E-state index in [0.717, 1.165) is 71.3 Å². The highest BCUT2D eigenvalue weighted by Crippen LogP contribution is 2.36. The summed E-state index contributed by atoms with van der Waals surface area (Å²) in [7, 11) is 4.88. The van der Waals surface area contributed by atoms with Crippen LogP contribution in [0.15, 0.2) is 54.7 Å². The summed E-state index contributed by atoms with van der Waals surface area (Å²) in [5.74, 6) is 1.15. The van der Waals surface area contributed by atoms with Crippen molar-refractivity contribution >= 4 is 39.7 Å². The van der Waals surface area contributed by atoms with E-state index in [9.17, 15) is 9.59 Å². The average Bonchev–Trinajstić information content (AvgIpc) is 3.53. The van der Waals surface area contributed by atoms with E-state index in [1.165, 1.54) is 7.11 Å². The highest BCUT2D eigenvalue weighted by Gasteiger charge is 2.22. The molecule has 0 fully saturated rings. The number of nitrogen functional groups attached to an aromatic ring is 1. The molecule has 5 rings (SSSR count). The number of aromatic nitrogens is 4. The van der Waals surface area contributed by atoms with Gasteiger partial charge in [0.15, 0.2) is 5.82 Å². The van der Waals surface area contributed by atoms with Crippen molar-refractivity contribution in [1.29, 1.82) is 0 Å². The lowest BCUT2D eigenvalue weighted by molar-refractivity contribution is -0.154. The number of unbranched alkanes of at least 4 members (excludes halogenated alkanes) is 3. The molecule has 5 aromatic rings. The molecule has 0 aliphatic heterocycles. The van der Waals surface area contributed by atoms with Gasteiger partial charge in [-0.1, -0.05) is 25.0 Å². The fourth-order valence-corrected chi connectivity index (χ4v) is 5.73. The standard InChI is InChI=1S/C35H41N5O5/c1-35(2,3)45-30(41)13-9-7-8-10-17-40-27-19-22(25-12-11-16-37-32(25)36)14-15-23(27)20-28(40)33-38-26-18-24(34(42)44-6)21-29(43-5)31(26)39(33)4/h11-12,14-16,18-21H,7-10,13,17H2,1-6H3,(H2,36,37). The number of pyridine rings is 1. The largest absolute Gasteiger partial charge is 0.494 e. The second-order valence-electron chi connectivity index (χ2n) is 12.2. The zero-order valence-corrected chi connectivity index (χ0v) is 26.8. The third-order valence-corrected chi connectivity index (χ3v) is 7.79. The summed E-state index contributed by atoms with van der Waals surface area (Å²) in [6.07, 6.45) is 5.67. The second kappa shape index (κ2) is 13.0. The van der Waals surface area contributed by atoms with Gasteiger partial charge in [0.05, 0.1) is 31.0 Å². The molecule has 2 N–H and O–H groups in total. The number of nitrogens with two attached hydrogens (primary N) is 1. The molecule has 3 aromatic heterocycles. The molecule has 0 spiro atoms. The molecular formula is C35H41N5O5. The van der Waals surface area contributed by atoms with E-state index in [2.05, 4.69) is 33.8 Å². The van der Waals surface area contributed by atoms with Crippen LogP contribution in [0.5, 0.6) is 5.75 Å². The fraction of sp³-hybridized carbons (Fsp3) is 0.371. The number of hydrogen-bond donors (Lipinski definition) is 1. The first kappa shape index (κ1) is 31.6. The Bertz CT molecular complexity index is 1860. The highest BCUT2D eigenvalue weighted by atomic mass is 16.6. The number of carbonyl (C=O) groups excluding carboxylic acids is 2. The van der Waals surface area contributed by atoms with Gasteiger partial charge in [-0.25, -0.2) is 14.8 Å². The molecule has 0 amide bonds. The van der Waals surface area contributed by atoms with Crippen LogP contribution in [0.4, 0.5) is 5.82 Å². The van der Waals surface area contributed by atoms with Crippen molar-refractivity contribution < 1.29 is 23.8 Å². The lowest BCUT2D eigenvalue weighted by Gasteiger charge is -2.19. The zero-order chi connectivity index (χ0) is 32.3. The molecule has 10 nitrogen and oxygen atoms in total. The molecule has 3 heterocycles. The number of carbonyl (C=O) groups is 2. The van der Waals surface area contributed by atoms with Crippen LogP contribution in [0.3, 0.4) is 0 Å². The predicted molar refractivity (Wildman–Crippen MR) is 176 cm³/mol. The summed E-state index contributed by atoms with van der Waals surface area (Å²) >= 11 is 0. The topological polar surface area (TPSA) is 123 Å². The van der Waals surface area contributed by atoms with Gasteiger partial charge in [0.1, 0.15) is 22.7 Å². The van der Waals surface area contributed by atoms with Gasteiger partial charge < -0.3 is 29.1 Å². The Morgan fingerprint density at radius 2 is 1.76 bits per heavy atom. The molecule has 0 bridgehead atoms. The average molecular weight is 612 g/mol. The molecule has 0 aliphatic rings. The van der Waals surface area contributed by atoms with Gasteiger partial charge in [0.2, 0.25) is 0 Å². The summed E-state index contributed by atoms with van der Waals surface area (Å²) < 4.78 is 20.4. The van der Waals surface area contributed by atoms with Gasteiger partial charge >= 0.3 is 11.9 Å². The number of rotatable bonds is 11. The second-order valence-corrected chi connectivity index (χ2v) is 12.2. The molecule has 0 atom stereocenters. The minimum absolute atomic E-state index is 0.156. The Labute approximate surface area is 263 Å². The highest BCUT2D eigenvalue weighted by molar-refractivity contribution is 5.98. The number of fused-ring (bicyclic) bond motifs is 2. The maximum Gasteiger partial charge on any atom is 0.338 e. The number of aryl methyl sites for hydroxylation is 2. The minimum Gasteiger partial charge on any atom is -0.494 e. The van der Waals surface area contributed by atoms with Gasteiger partial charge in [-0.15, -0.1) is 0 Å². The lowest BCUT2D eigenvalue weighted by Crippen LogP contribution is -2.23. The first-order valence-corrected chi connectivity index (χ1v) is 15.2. The number of anilines is 1. The molecule has 0 saturated carbocycles. The van der Waals surface area contributed by atoms with E-state index in [1.807, 2.05) is 44.5 Å². The molecule has 0 radical (unpaired) electrons. The van der Waals surface area contributed by atoms with Crippen LogP contribution in [0, 0.1) is 0 Å². The number of methoxy groups -OCH3 is 2. The van der Waals surface area contributed by atoms with Gasteiger partial charge in [-0.3, -0.25) is 4.79 Å². The molecule has 2 aromatic carbocycles. The van der Waals surface area contributed by atoms with E-state index in [1.54, 1.807) is 25.4 Å². The minimum atomic E-state index is -0.469. The number of hydrogen-bond acceptors (Lipinski definition) is 8. The van der Waals surface area contributed by atoms with Crippen molar-refractivity contribution in [2.24, 2.45) is 7.05 Å². The monoisotopic (exact) mass is 611 g/mol. The maximum absolute atomic E-state index is 12.4. The van der Waals surface area contributed by atoms with Crippen LogP contribution in [-0.4, -0.2) is 50.9 Å². The maximum atomic E-state index is 12.4. The van der Waals surface area contributed by atoms with Crippen molar-refractivity contribution in [1.82, 2.24) is 19.1 Å². The van der Waals surface area contributed by atoms with E-state index in [4.69, 9.17) is 24.9 Å². The van der Waals surface area contributed by atoms with Crippen LogP contribution in [-0.2, 0) is 27.9 Å². The summed E-state index contributed by atoms with van der Waals surface area (Å²) in [5, 5.41) is 1.07. The Balaban J connectivity index is 1.51. The normalized spacial score (nSPS) is 11.7. The summed E-state index contributed by atoms with van der Waals surface area (Å²) in [6, 6.07) is 15.7. The molecule has 45 heavy (non-hydrogen) atoms. The molecule has 0 aliphatic carbocycles. The molecule has 10 heteroatoms. The first-order valence-electron chi connectivity index (χ1n) is 15.2. The van der Waals surface area contributed by atoms with Crippen LogP contribution in [0.2, 0.25) is 0 Å². The predicted octanol–water partition coefficient (Wildman–Crippen LogP) is 6.93. The summed E-state index contributed by atoms with van der Waals surface area (Å²) in [4.78, 5) is 33.8. The Morgan fingerprint density at radius 1 is 0.978 bits per heavy atom. The SMILES string of the molecule is COC(=O)c1cc(OC)c2c(c1)nc(-c1cc3ccc(-c4cccnc4N)cc3n1CCCCCCC(=O)OC(C)(C)C)n2C. The number of esters is 2. The van der Waals surface area contributed by atoms with Crippen molar-refractivity contribution in [3.05, 3.63) is 60.3 Å². The van der Waals surface area contributed by atoms with Crippen molar-refractivity contribution in [3.8, 4) is 28.4 Å². The van der Waals surface area contributed by atoms with Crippen molar-refractivity contribution in [2.75, 3.05) is 20.0 Å².